The molecule has 0 aromatic rings. The molecule has 1 heterocycles. The van der Waals surface area contributed by atoms with Gasteiger partial charge in [0.15, 0.2) is 0 Å². The Morgan fingerprint density at radius 2 is 2.09 bits per heavy atom. The van der Waals surface area contributed by atoms with E-state index in [1.54, 1.807) is 0 Å². The molecule has 2 rings (SSSR count). The highest BCUT2D eigenvalue weighted by molar-refractivity contribution is 5.71. The van der Waals surface area contributed by atoms with Gasteiger partial charge < -0.3 is 9.84 Å². The second kappa shape index (κ2) is 2.48. The maximum atomic E-state index is 10.7. The number of carboxylic acid groups (broad SMARTS) is 1. The lowest BCUT2D eigenvalue weighted by Crippen LogP contribution is -2.25. The molecule has 0 aromatic heterocycles. The summed E-state index contributed by atoms with van der Waals surface area (Å²) < 4.78 is 5.37. The van der Waals surface area contributed by atoms with E-state index < -0.39 is 5.97 Å². The summed E-state index contributed by atoms with van der Waals surface area (Å²) in [4.78, 5) is 10.7. The van der Waals surface area contributed by atoms with Crippen LogP contribution in [0.25, 0.3) is 0 Å². The van der Waals surface area contributed by atoms with Crippen LogP contribution < -0.4 is 0 Å². The third kappa shape index (κ3) is 1.25. The maximum Gasteiger partial charge on any atom is 0.309 e. The molecular weight excluding hydrogens is 144 g/mol. The molecule has 2 fully saturated rings. The largest absolute Gasteiger partial charge is 0.481 e. The lowest BCUT2D eigenvalue weighted by atomic mass is 9.98. The molecule has 2 aliphatic rings. The lowest BCUT2D eigenvalue weighted by molar-refractivity contribution is -0.143. The summed E-state index contributed by atoms with van der Waals surface area (Å²) in [5, 5.41) is 8.78. The summed E-state index contributed by atoms with van der Waals surface area (Å²) in [6.45, 7) is 0.637. The van der Waals surface area contributed by atoms with E-state index in [0.29, 0.717) is 18.9 Å². The number of carbonyl (C=O) groups is 1. The van der Waals surface area contributed by atoms with Crippen LogP contribution >= 0.6 is 0 Å². The summed E-state index contributed by atoms with van der Waals surface area (Å²) >= 11 is 0. The second-order valence-electron chi connectivity index (χ2n) is 3.41. The zero-order valence-electron chi connectivity index (χ0n) is 6.32. The molecule has 3 heteroatoms. The fourth-order valence-corrected chi connectivity index (χ4v) is 1.76. The van der Waals surface area contributed by atoms with Gasteiger partial charge in [0.05, 0.1) is 12.0 Å². The molecule has 1 N–H and O–H groups in total. The van der Waals surface area contributed by atoms with Crippen molar-refractivity contribution >= 4 is 5.97 Å². The average molecular weight is 156 g/mol. The van der Waals surface area contributed by atoms with Gasteiger partial charge in [0.25, 0.3) is 0 Å². The molecule has 0 amide bonds. The van der Waals surface area contributed by atoms with Crippen LogP contribution in [0.5, 0.6) is 0 Å². The zero-order chi connectivity index (χ0) is 7.84. The van der Waals surface area contributed by atoms with Crippen molar-refractivity contribution < 1.29 is 14.6 Å². The summed E-state index contributed by atoms with van der Waals surface area (Å²) in [7, 11) is 0. The third-order valence-corrected chi connectivity index (χ3v) is 2.54. The monoisotopic (exact) mass is 156 g/mol. The quantitative estimate of drug-likeness (QED) is 0.645. The van der Waals surface area contributed by atoms with Gasteiger partial charge in [-0.1, -0.05) is 0 Å². The van der Waals surface area contributed by atoms with Crippen molar-refractivity contribution in [1.82, 2.24) is 0 Å². The van der Waals surface area contributed by atoms with Crippen molar-refractivity contribution in [2.24, 2.45) is 11.8 Å². The maximum absolute atomic E-state index is 10.7. The minimum atomic E-state index is -0.681. The van der Waals surface area contributed by atoms with Gasteiger partial charge in [-0.05, 0) is 25.2 Å². The standard InChI is InChI=1S/C8H12O3/c9-8(10)6-3-4-11-7(6)5-1-2-5/h5-7H,1-4H2,(H,9,10)/t6-,7+/m1/s1. The molecule has 3 nitrogen and oxygen atoms in total. The van der Waals surface area contributed by atoms with E-state index in [9.17, 15) is 4.79 Å². The van der Waals surface area contributed by atoms with E-state index in [0.717, 1.165) is 12.8 Å². The summed E-state index contributed by atoms with van der Waals surface area (Å²) in [6.07, 6.45) is 3.06. The number of carboxylic acids is 1. The number of ether oxygens (including phenoxy) is 1. The molecule has 1 saturated heterocycles. The van der Waals surface area contributed by atoms with Crippen molar-refractivity contribution in [3.63, 3.8) is 0 Å². The van der Waals surface area contributed by atoms with E-state index in [4.69, 9.17) is 9.84 Å². The summed E-state index contributed by atoms with van der Waals surface area (Å²) in [6, 6.07) is 0. The first-order valence-electron chi connectivity index (χ1n) is 4.13. The van der Waals surface area contributed by atoms with Crippen molar-refractivity contribution in [3.05, 3.63) is 0 Å². The summed E-state index contributed by atoms with van der Waals surface area (Å²) in [5.41, 5.74) is 0. The first kappa shape index (κ1) is 7.10. The number of hydrogen-bond acceptors (Lipinski definition) is 2. The predicted molar refractivity (Wildman–Crippen MR) is 38.2 cm³/mol. The molecule has 2 atom stereocenters. The van der Waals surface area contributed by atoms with Crippen LogP contribution in [0.4, 0.5) is 0 Å². The average Bonchev–Trinajstić information content (AvgIpc) is 2.68. The molecule has 0 bridgehead atoms. The van der Waals surface area contributed by atoms with Gasteiger partial charge in [-0.15, -0.1) is 0 Å². The van der Waals surface area contributed by atoms with Crippen LogP contribution in [-0.2, 0) is 9.53 Å². The van der Waals surface area contributed by atoms with Crippen molar-refractivity contribution in [2.75, 3.05) is 6.61 Å². The first-order chi connectivity index (χ1) is 5.29. The van der Waals surface area contributed by atoms with Gasteiger partial charge in [0.2, 0.25) is 0 Å². The minimum Gasteiger partial charge on any atom is -0.481 e. The van der Waals surface area contributed by atoms with Crippen LogP contribution in [0, 0.1) is 11.8 Å². The Labute approximate surface area is 65.4 Å². The highest BCUT2D eigenvalue weighted by Gasteiger charge is 2.43. The van der Waals surface area contributed by atoms with Crippen LogP contribution in [0.15, 0.2) is 0 Å². The Kier molecular flexibility index (Phi) is 1.60. The molecule has 1 saturated carbocycles. The molecule has 0 spiro atoms. The van der Waals surface area contributed by atoms with Crippen molar-refractivity contribution in [1.29, 1.82) is 0 Å². The fourth-order valence-electron chi connectivity index (χ4n) is 1.76. The van der Waals surface area contributed by atoms with E-state index in [-0.39, 0.29) is 12.0 Å². The minimum absolute atomic E-state index is 0.0347. The lowest BCUT2D eigenvalue weighted by Gasteiger charge is -2.12. The molecule has 11 heavy (non-hydrogen) atoms. The number of aliphatic carboxylic acids is 1. The topological polar surface area (TPSA) is 46.5 Å². The van der Waals surface area contributed by atoms with Gasteiger partial charge in [0, 0.05) is 6.61 Å². The Hall–Kier alpha value is -0.570. The number of hydrogen-bond donors (Lipinski definition) is 1. The number of rotatable bonds is 2. The van der Waals surface area contributed by atoms with Crippen LogP contribution in [0.1, 0.15) is 19.3 Å². The highest BCUT2D eigenvalue weighted by atomic mass is 16.5. The zero-order valence-corrected chi connectivity index (χ0v) is 6.32. The first-order valence-corrected chi connectivity index (χ1v) is 4.13. The second-order valence-corrected chi connectivity index (χ2v) is 3.41. The van der Waals surface area contributed by atoms with Gasteiger partial charge in [0.1, 0.15) is 0 Å². The smallest absolute Gasteiger partial charge is 0.309 e. The van der Waals surface area contributed by atoms with Gasteiger partial charge in [-0.3, -0.25) is 4.79 Å². The van der Waals surface area contributed by atoms with Crippen molar-refractivity contribution in [3.8, 4) is 0 Å². The molecule has 62 valence electrons. The van der Waals surface area contributed by atoms with E-state index in [2.05, 4.69) is 0 Å². The Balaban J connectivity index is 2.01. The normalized spacial score (nSPS) is 37.5. The van der Waals surface area contributed by atoms with Gasteiger partial charge >= 0.3 is 5.97 Å². The fraction of sp³-hybridized carbons (Fsp3) is 0.875. The van der Waals surface area contributed by atoms with Gasteiger partial charge in [-0.2, -0.15) is 0 Å². The Bertz CT molecular complexity index is 174. The molecular formula is C8H12O3. The van der Waals surface area contributed by atoms with E-state index in [1.165, 1.54) is 0 Å². The van der Waals surface area contributed by atoms with Crippen LogP contribution in [-0.4, -0.2) is 23.8 Å². The van der Waals surface area contributed by atoms with Crippen LogP contribution in [0.3, 0.4) is 0 Å². The molecule has 0 radical (unpaired) electrons. The third-order valence-electron chi connectivity index (χ3n) is 2.54. The Morgan fingerprint density at radius 1 is 1.36 bits per heavy atom. The SMILES string of the molecule is O=C(O)[C@@H]1CCO[C@H]1C1CC1. The van der Waals surface area contributed by atoms with Gasteiger partial charge in [-0.25, -0.2) is 0 Å². The molecule has 0 unspecified atom stereocenters. The van der Waals surface area contributed by atoms with Crippen molar-refractivity contribution in [2.45, 2.75) is 25.4 Å². The van der Waals surface area contributed by atoms with E-state index in [1.807, 2.05) is 0 Å². The Morgan fingerprint density at radius 3 is 2.64 bits per heavy atom. The van der Waals surface area contributed by atoms with Crippen LogP contribution in [0.2, 0.25) is 0 Å². The summed E-state index contributed by atoms with van der Waals surface area (Å²) in [5.74, 6) is -0.347. The molecule has 0 aromatic carbocycles. The van der Waals surface area contributed by atoms with E-state index >= 15 is 0 Å². The highest BCUT2D eigenvalue weighted by Crippen LogP contribution is 2.41. The molecule has 1 aliphatic carbocycles. The molecule has 1 aliphatic heterocycles. The predicted octanol–water partition coefficient (Wildman–Crippen LogP) is 0.886.